The van der Waals surface area contributed by atoms with E-state index in [4.69, 9.17) is 9.47 Å². The molecule has 0 radical (unpaired) electrons. The number of quaternary nitrogens is 1. The van der Waals surface area contributed by atoms with E-state index in [0.717, 1.165) is 35.1 Å². The Hall–Kier alpha value is -2.67. The Morgan fingerprint density at radius 2 is 1.81 bits per heavy atom. The van der Waals surface area contributed by atoms with E-state index in [0.29, 0.717) is 18.0 Å². The van der Waals surface area contributed by atoms with Gasteiger partial charge in [0.1, 0.15) is 11.6 Å². The smallest absolute Gasteiger partial charge is 0.282 e. The predicted molar refractivity (Wildman–Crippen MR) is 99.5 cm³/mol. The summed E-state index contributed by atoms with van der Waals surface area (Å²) in [5.74, 6) is -0.329. The Labute approximate surface area is 157 Å². The largest absolute Gasteiger partial charge is 0.493 e. The van der Waals surface area contributed by atoms with Crippen molar-refractivity contribution in [2.75, 3.05) is 33.1 Å². The van der Waals surface area contributed by atoms with Gasteiger partial charge in [0.05, 0.1) is 33.5 Å². The number of anilines is 1. The highest BCUT2D eigenvalue weighted by Crippen LogP contribution is 2.27. The van der Waals surface area contributed by atoms with Gasteiger partial charge in [-0.2, -0.15) is 0 Å². The van der Waals surface area contributed by atoms with Crippen molar-refractivity contribution in [1.29, 1.82) is 0 Å². The first-order chi connectivity index (χ1) is 12.8. The lowest BCUT2D eigenvalue weighted by Crippen LogP contribution is -3.14. The van der Waals surface area contributed by atoms with Crippen molar-refractivity contribution >= 4 is 11.6 Å². The summed E-state index contributed by atoms with van der Waals surface area (Å²) >= 11 is 0. The van der Waals surface area contributed by atoms with Gasteiger partial charge in [-0.3, -0.25) is 4.79 Å². The number of nitrogens with one attached hydrogen (secondary N) is 2. The number of hydrogen-bond donors (Lipinski definition) is 2. The molecule has 0 fully saturated rings. The van der Waals surface area contributed by atoms with E-state index in [2.05, 4.69) is 5.32 Å². The van der Waals surface area contributed by atoms with E-state index in [9.17, 15) is 13.6 Å². The van der Waals surface area contributed by atoms with Crippen LogP contribution >= 0.6 is 0 Å². The van der Waals surface area contributed by atoms with Crippen molar-refractivity contribution in [2.24, 2.45) is 0 Å². The third kappa shape index (κ3) is 5.40. The summed E-state index contributed by atoms with van der Waals surface area (Å²) in [5.41, 5.74) is 0.898. The number of halogens is 2. The Bertz CT molecular complexity index is 799. The zero-order chi connectivity index (χ0) is 20.0. The molecule has 2 atom stereocenters. The lowest BCUT2D eigenvalue weighted by molar-refractivity contribution is -0.893. The molecule has 0 aromatic heterocycles. The predicted octanol–water partition coefficient (Wildman–Crippen LogP) is 2.07. The molecule has 2 N–H and O–H groups in total. The molecule has 2 aromatic carbocycles. The van der Waals surface area contributed by atoms with Crippen LogP contribution in [0.2, 0.25) is 0 Å². The molecule has 0 saturated heterocycles. The summed E-state index contributed by atoms with van der Waals surface area (Å²) in [7, 11) is 5.04. The number of amides is 1. The minimum atomic E-state index is -0.667. The minimum absolute atomic E-state index is 0.153. The van der Waals surface area contributed by atoms with Gasteiger partial charge in [-0.25, -0.2) is 8.78 Å². The number of ether oxygens (including phenoxy) is 2. The second-order valence-electron chi connectivity index (χ2n) is 6.37. The fraction of sp³-hybridized carbons (Fsp3) is 0.350. The molecule has 7 heteroatoms. The van der Waals surface area contributed by atoms with E-state index < -0.39 is 17.7 Å². The van der Waals surface area contributed by atoms with Crippen LogP contribution in [0.3, 0.4) is 0 Å². The van der Waals surface area contributed by atoms with Gasteiger partial charge in [-0.15, -0.1) is 0 Å². The van der Waals surface area contributed by atoms with Crippen molar-refractivity contribution in [3.05, 3.63) is 53.6 Å². The summed E-state index contributed by atoms with van der Waals surface area (Å²) in [5, 5.41) is 2.45. The maximum Gasteiger partial charge on any atom is 0.282 e. The number of carbonyl (C=O) groups is 1. The zero-order valence-corrected chi connectivity index (χ0v) is 15.9. The third-order valence-electron chi connectivity index (χ3n) is 4.57. The van der Waals surface area contributed by atoms with Crippen molar-refractivity contribution in [1.82, 2.24) is 0 Å². The Morgan fingerprint density at radius 3 is 2.48 bits per heavy atom. The quantitative estimate of drug-likeness (QED) is 0.738. The molecule has 0 aliphatic rings. The maximum absolute atomic E-state index is 13.7. The average Bonchev–Trinajstić information content (AvgIpc) is 2.67. The summed E-state index contributed by atoms with van der Waals surface area (Å²) in [6, 6.07) is 8.22. The lowest BCUT2D eigenvalue weighted by atomic mass is 10.1. The first kappa shape index (κ1) is 20.6. The van der Waals surface area contributed by atoms with Crippen LogP contribution in [0.1, 0.15) is 12.5 Å². The van der Waals surface area contributed by atoms with Crippen LogP contribution in [0.5, 0.6) is 11.5 Å². The molecule has 27 heavy (non-hydrogen) atoms. The Morgan fingerprint density at radius 1 is 1.11 bits per heavy atom. The maximum atomic E-state index is 13.7. The van der Waals surface area contributed by atoms with Gasteiger partial charge in [0, 0.05) is 12.5 Å². The van der Waals surface area contributed by atoms with Crippen LogP contribution in [0.25, 0.3) is 0 Å². The Balaban J connectivity index is 1.95. The molecule has 0 saturated carbocycles. The van der Waals surface area contributed by atoms with Crippen LogP contribution in [0, 0.1) is 11.6 Å². The molecule has 5 nitrogen and oxygen atoms in total. The number of carbonyl (C=O) groups excluding carboxylic acids is 1. The second kappa shape index (κ2) is 9.32. The molecule has 0 heterocycles. The van der Waals surface area contributed by atoms with Gasteiger partial charge >= 0.3 is 0 Å². The van der Waals surface area contributed by atoms with E-state index in [-0.39, 0.29) is 11.6 Å². The van der Waals surface area contributed by atoms with Gasteiger partial charge in [-0.1, -0.05) is 6.07 Å². The normalized spacial score (nSPS) is 13.0. The van der Waals surface area contributed by atoms with Gasteiger partial charge in [0.15, 0.2) is 17.5 Å². The molecule has 146 valence electrons. The number of hydrogen-bond acceptors (Lipinski definition) is 3. The van der Waals surface area contributed by atoms with Crippen LogP contribution in [-0.2, 0) is 11.2 Å². The van der Waals surface area contributed by atoms with Crippen LogP contribution in [0.15, 0.2) is 36.4 Å². The van der Waals surface area contributed by atoms with E-state index in [1.165, 1.54) is 0 Å². The van der Waals surface area contributed by atoms with Crippen molar-refractivity contribution in [3.8, 4) is 11.5 Å². The molecule has 0 spiro atoms. The lowest BCUT2D eigenvalue weighted by Gasteiger charge is -2.21. The third-order valence-corrected chi connectivity index (χ3v) is 4.57. The van der Waals surface area contributed by atoms with Crippen molar-refractivity contribution in [2.45, 2.75) is 19.4 Å². The summed E-state index contributed by atoms with van der Waals surface area (Å²) < 4.78 is 37.4. The zero-order valence-electron chi connectivity index (χ0n) is 15.9. The molecule has 0 bridgehead atoms. The number of rotatable bonds is 8. The minimum Gasteiger partial charge on any atom is -0.493 e. The molecule has 1 unspecified atom stereocenters. The highest BCUT2D eigenvalue weighted by molar-refractivity contribution is 5.93. The summed E-state index contributed by atoms with van der Waals surface area (Å²) in [6.45, 7) is 2.42. The SMILES string of the molecule is COc1ccc(CC[NH+](C)[C@H](C)C(=O)Nc2cc(F)ccc2F)cc1OC. The molecule has 2 aromatic rings. The monoisotopic (exact) mass is 379 g/mol. The van der Waals surface area contributed by atoms with Crippen LogP contribution in [0.4, 0.5) is 14.5 Å². The first-order valence-corrected chi connectivity index (χ1v) is 8.64. The van der Waals surface area contributed by atoms with E-state index in [1.807, 2.05) is 25.2 Å². The molecule has 0 aliphatic heterocycles. The van der Waals surface area contributed by atoms with E-state index in [1.54, 1.807) is 21.1 Å². The van der Waals surface area contributed by atoms with Gasteiger partial charge in [0.2, 0.25) is 0 Å². The molecular weight excluding hydrogens is 354 g/mol. The molecule has 1 amide bonds. The molecular formula is C20H25F2N2O3+. The summed E-state index contributed by atoms with van der Waals surface area (Å²) in [4.78, 5) is 13.3. The van der Waals surface area contributed by atoms with Crippen LogP contribution in [-0.4, -0.2) is 39.8 Å². The molecule has 0 aliphatic carbocycles. The van der Waals surface area contributed by atoms with Gasteiger partial charge in [-0.05, 0) is 36.8 Å². The molecule has 2 rings (SSSR count). The fourth-order valence-electron chi connectivity index (χ4n) is 2.65. The second-order valence-corrected chi connectivity index (χ2v) is 6.37. The van der Waals surface area contributed by atoms with Crippen molar-refractivity contribution in [3.63, 3.8) is 0 Å². The topological polar surface area (TPSA) is 52.0 Å². The average molecular weight is 379 g/mol. The number of benzene rings is 2. The highest BCUT2D eigenvalue weighted by Gasteiger charge is 2.23. The summed E-state index contributed by atoms with van der Waals surface area (Å²) in [6.07, 6.45) is 0.720. The van der Waals surface area contributed by atoms with Crippen molar-refractivity contribution < 1.29 is 27.9 Å². The van der Waals surface area contributed by atoms with Crippen LogP contribution < -0.4 is 19.7 Å². The fourth-order valence-corrected chi connectivity index (χ4v) is 2.65. The first-order valence-electron chi connectivity index (χ1n) is 8.64. The van der Waals surface area contributed by atoms with Gasteiger partial charge < -0.3 is 19.7 Å². The Kier molecular flexibility index (Phi) is 7.12. The van der Waals surface area contributed by atoms with Gasteiger partial charge in [0.25, 0.3) is 5.91 Å². The van der Waals surface area contributed by atoms with E-state index >= 15 is 0 Å². The number of methoxy groups -OCH3 is 2. The standard InChI is InChI=1S/C20H24F2N2O3/c1-13(20(25)23-17-12-15(21)6-7-16(17)22)24(2)10-9-14-5-8-18(26-3)19(11-14)27-4/h5-8,11-13H,9-10H2,1-4H3,(H,23,25)/p+1/t13-/m1/s1. The number of likely N-dealkylation sites (N-methyl/N-ethyl adjacent to an activating group) is 1. The highest BCUT2D eigenvalue weighted by atomic mass is 19.1.